The van der Waals surface area contributed by atoms with E-state index in [4.69, 9.17) is 5.11 Å². The third-order valence-corrected chi connectivity index (χ3v) is 2.48. The van der Waals surface area contributed by atoms with Gasteiger partial charge in [0.05, 0.1) is 12.1 Å². The minimum Gasteiger partial charge on any atom is -0.395 e. The van der Waals surface area contributed by atoms with Crippen molar-refractivity contribution in [3.05, 3.63) is 0 Å². The van der Waals surface area contributed by atoms with Crippen molar-refractivity contribution >= 4 is 5.91 Å². The fourth-order valence-electron chi connectivity index (χ4n) is 1.60. The van der Waals surface area contributed by atoms with Crippen molar-refractivity contribution in [2.75, 3.05) is 6.61 Å². The predicted molar refractivity (Wildman–Crippen MR) is 50.3 cm³/mol. The van der Waals surface area contributed by atoms with Gasteiger partial charge in [-0.2, -0.15) is 0 Å². The van der Waals surface area contributed by atoms with E-state index in [1.165, 1.54) is 0 Å². The summed E-state index contributed by atoms with van der Waals surface area (Å²) < 4.78 is 0. The first-order valence-corrected chi connectivity index (χ1v) is 4.63. The molecule has 1 aliphatic rings. The maximum atomic E-state index is 11.1. The molecule has 0 saturated carbocycles. The van der Waals surface area contributed by atoms with Crippen LogP contribution < -0.4 is 10.6 Å². The number of aliphatic hydroxyl groups excluding tert-OH is 1. The van der Waals surface area contributed by atoms with Gasteiger partial charge in [0.15, 0.2) is 0 Å². The summed E-state index contributed by atoms with van der Waals surface area (Å²) >= 11 is 0. The molecule has 13 heavy (non-hydrogen) atoms. The molecular weight excluding hydrogens is 168 g/mol. The highest BCUT2D eigenvalue weighted by atomic mass is 16.3. The molecule has 1 amide bonds. The van der Waals surface area contributed by atoms with Crippen molar-refractivity contribution < 1.29 is 9.90 Å². The Bertz CT molecular complexity index is 204. The zero-order chi connectivity index (χ0) is 10.1. The normalized spacial score (nSPS) is 28.6. The van der Waals surface area contributed by atoms with Gasteiger partial charge < -0.3 is 15.7 Å². The Hall–Kier alpha value is -0.610. The Labute approximate surface area is 78.7 Å². The Kier molecular flexibility index (Phi) is 2.93. The predicted octanol–water partition coefficient (Wildman–Crippen LogP) is -0.376. The lowest BCUT2D eigenvalue weighted by atomic mass is 9.96. The summed E-state index contributed by atoms with van der Waals surface area (Å²) in [5.74, 6) is 0.0765. The summed E-state index contributed by atoms with van der Waals surface area (Å²) in [6, 6.07) is 0.152. The molecule has 0 bridgehead atoms. The fraction of sp³-hybridized carbons (Fsp3) is 0.889. The molecule has 1 saturated heterocycles. The van der Waals surface area contributed by atoms with Crippen molar-refractivity contribution in [2.45, 2.75) is 44.8 Å². The third-order valence-electron chi connectivity index (χ3n) is 2.48. The molecule has 4 nitrogen and oxygen atoms in total. The largest absolute Gasteiger partial charge is 0.395 e. The molecule has 3 N–H and O–H groups in total. The summed E-state index contributed by atoms with van der Waals surface area (Å²) in [6.07, 6.45) is 0.497. The van der Waals surface area contributed by atoms with Gasteiger partial charge in [-0.05, 0) is 20.8 Å². The molecule has 4 heteroatoms. The summed E-state index contributed by atoms with van der Waals surface area (Å²) in [4.78, 5) is 11.1. The molecule has 0 spiro atoms. The van der Waals surface area contributed by atoms with Crippen LogP contribution in [0.2, 0.25) is 0 Å². The minimum absolute atomic E-state index is 0.0389. The second-order valence-corrected chi connectivity index (χ2v) is 4.28. The van der Waals surface area contributed by atoms with Gasteiger partial charge in [-0.3, -0.25) is 4.79 Å². The third kappa shape index (κ3) is 2.42. The molecule has 1 fully saturated rings. The molecule has 1 aliphatic heterocycles. The SMILES string of the molecule is CC(CO)NC1CC(=O)NC1(C)C. The Morgan fingerprint density at radius 1 is 1.77 bits per heavy atom. The lowest BCUT2D eigenvalue weighted by Crippen LogP contribution is -2.52. The van der Waals surface area contributed by atoms with Crippen molar-refractivity contribution in [3.8, 4) is 0 Å². The number of carbonyl (C=O) groups is 1. The van der Waals surface area contributed by atoms with E-state index in [9.17, 15) is 4.79 Å². The Balaban J connectivity index is 2.54. The number of hydrogen-bond donors (Lipinski definition) is 3. The molecule has 0 radical (unpaired) electrons. The van der Waals surface area contributed by atoms with Crippen LogP contribution in [-0.4, -0.2) is 35.2 Å². The van der Waals surface area contributed by atoms with E-state index >= 15 is 0 Å². The smallest absolute Gasteiger partial charge is 0.222 e. The van der Waals surface area contributed by atoms with Crippen LogP contribution >= 0.6 is 0 Å². The summed E-state index contributed by atoms with van der Waals surface area (Å²) in [6.45, 7) is 5.97. The number of rotatable bonds is 3. The van der Waals surface area contributed by atoms with Gasteiger partial charge in [0.2, 0.25) is 5.91 Å². The summed E-state index contributed by atoms with van der Waals surface area (Å²) in [7, 11) is 0. The van der Waals surface area contributed by atoms with E-state index in [-0.39, 0.29) is 30.1 Å². The zero-order valence-corrected chi connectivity index (χ0v) is 8.42. The Morgan fingerprint density at radius 3 is 2.77 bits per heavy atom. The zero-order valence-electron chi connectivity index (χ0n) is 8.42. The molecule has 1 rings (SSSR count). The Morgan fingerprint density at radius 2 is 2.38 bits per heavy atom. The molecule has 1 heterocycles. The first-order valence-electron chi connectivity index (χ1n) is 4.63. The van der Waals surface area contributed by atoms with Crippen LogP contribution in [0.5, 0.6) is 0 Å². The quantitative estimate of drug-likeness (QED) is 0.563. The van der Waals surface area contributed by atoms with Crippen LogP contribution in [-0.2, 0) is 4.79 Å². The second kappa shape index (κ2) is 3.64. The monoisotopic (exact) mass is 186 g/mol. The molecule has 0 aromatic rings. The molecule has 0 aromatic carbocycles. The lowest BCUT2D eigenvalue weighted by Gasteiger charge is -2.29. The lowest BCUT2D eigenvalue weighted by molar-refractivity contribution is -0.119. The van der Waals surface area contributed by atoms with E-state index in [1.54, 1.807) is 0 Å². The van der Waals surface area contributed by atoms with Crippen LogP contribution in [0.4, 0.5) is 0 Å². The van der Waals surface area contributed by atoms with Gasteiger partial charge >= 0.3 is 0 Å². The average Bonchev–Trinajstić information content (AvgIpc) is 2.24. The maximum absolute atomic E-state index is 11.1. The first kappa shape index (κ1) is 10.5. The second-order valence-electron chi connectivity index (χ2n) is 4.28. The van der Waals surface area contributed by atoms with E-state index < -0.39 is 0 Å². The van der Waals surface area contributed by atoms with Crippen LogP contribution in [0.25, 0.3) is 0 Å². The molecular formula is C9H18N2O2. The van der Waals surface area contributed by atoms with Crippen molar-refractivity contribution in [1.29, 1.82) is 0 Å². The number of hydrogen-bond acceptors (Lipinski definition) is 3. The summed E-state index contributed by atoms with van der Waals surface area (Å²) in [5, 5.41) is 15.0. The number of aliphatic hydroxyl groups is 1. The van der Waals surface area contributed by atoms with E-state index in [0.717, 1.165) is 0 Å². The topological polar surface area (TPSA) is 61.4 Å². The molecule has 2 atom stereocenters. The van der Waals surface area contributed by atoms with Gasteiger partial charge in [-0.15, -0.1) is 0 Å². The van der Waals surface area contributed by atoms with Gasteiger partial charge in [0.1, 0.15) is 0 Å². The maximum Gasteiger partial charge on any atom is 0.222 e. The van der Waals surface area contributed by atoms with Crippen LogP contribution in [0, 0.1) is 0 Å². The van der Waals surface area contributed by atoms with Crippen molar-refractivity contribution in [1.82, 2.24) is 10.6 Å². The van der Waals surface area contributed by atoms with Crippen LogP contribution in [0.15, 0.2) is 0 Å². The molecule has 0 aliphatic carbocycles. The number of carbonyl (C=O) groups excluding carboxylic acids is 1. The van der Waals surface area contributed by atoms with Crippen LogP contribution in [0.1, 0.15) is 27.2 Å². The van der Waals surface area contributed by atoms with Gasteiger partial charge in [0, 0.05) is 18.5 Å². The summed E-state index contributed by atoms with van der Waals surface area (Å²) in [5.41, 5.74) is -0.208. The highest BCUT2D eigenvalue weighted by Crippen LogP contribution is 2.19. The fourth-order valence-corrected chi connectivity index (χ4v) is 1.60. The number of amides is 1. The van der Waals surface area contributed by atoms with E-state index in [1.807, 2.05) is 20.8 Å². The molecule has 76 valence electrons. The van der Waals surface area contributed by atoms with Gasteiger partial charge in [-0.25, -0.2) is 0 Å². The van der Waals surface area contributed by atoms with E-state index in [0.29, 0.717) is 6.42 Å². The first-order chi connectivity index (χ1) is 5.95. The standard InChI is InChI=1S/C9H18N2O2/c1-6(5-12)10-7-4-8(13)11-9(7,2)3/h6-7,10,12H,4-5H2,1-3H3,(H,11,13). The highest BCUT2D eigenvalue weighted by Gasteiger charge is 2.39. The van der Waals surface area contributed by atoms with Crippen molar-refractivity contribution in [2.24, 2.45) is 0 Å². The molecule has 2 unspecified atom stereocenters. The van der Waals surface area contributed by atoms with Crippen molar-refractivity contribution in [3.63, 3.8) is 0 Å². The number of nitrogens with one attached hydrogen (secondary N) is 2. The minimum atomic E-state index is -0.208. The average molecular weight is 186 g/mol. The van der Waals surface area contributed by atoms with Gasteiger partial charge in [0.25, 0.3) is 0 Å². The highest BCUT2D eigenvalue weighted by molar-refractivity contribution is 5.80. The van der Waals surface area contributed by atoms with E-state index in [2.05, 4.69) is 10.6 Å². The van der Waals surface area contributed by atoms with Crippen LogP contribution in [0.3, 0.4) is 0 Å². The van der Waals surface area contributed by atoms with Gasteiger partial charge in [-0.1, -0.05) is 0 Å². The molecule has 0 aromatic heterocycles.